The lowest BCUT2D eigenvalue weighted by Crippen LogP contribution is -2.34. The Morgan fingerprint density at radius 2 is 1.39 bits per heavy atom. The summed E-state index contributed by atoms with van der Waals surface area (Å²) in [5.41, 5.74) is -0.395. The Bertz CT molecular complexity index is 1060. The van der Waals surface area contributed by atoms with E-state index in [1.54, 1.807) is 24.3 Å². The van der Waals surface area contributed by atoms with Gasteiger partial charge >= 0.3 is 0 Å². The molecule has 1 saturated heterocycles. The lowest BCUT2D eigenvalue weighted by molar-refractivity contribution is -0.394. The first-order chi connectivity index (χ1) is 15.7. The van der Waals surface area contributed by atoms with Gasteiger partial charge in [-0.05, 0) is 49.3 Å². The van der Waals surface area contributed by atoms with Gasteiger partial charge in [-0.25, -0.2) is 0 Å². The fourth-order valence-electron chi connectivity index (χ4n) is 3.43. The molecule has 172 valence electrons. The molecule has 0 aromatic heterocycles. The SMILES string of the molecule is O=C(NC(=S)Nc1ccc(C(=O)N2CCCCCC2)cc1)c1cc([N+](=O)[O-])cc([N+](=O)[O-])c1. The van der Waals surface area contributed by atoms with E-state index < -0.39 is 27.1 Å². The van der Waals surface area contributed by atoms with E-state index in [9.17, 15) is 29.8 Å². The normalized spacial score (nSPS) is 13.5. The van der Waals surface area contributed by atoms with Crippen molar-refractivity contribution in [2.45, 2.75) is 25.7 Å². The number of hydrogen-bond donors (Lipinski definition) is 2. The van der Waals surface area contributed by atoms with Gasteiger partial charge in [0.05, 0.1) is 21.5 Å². The molecule has 1 fully saturated rings. The molecule has 0 spiro atoms. The van der Waals surface area contributed by atoms with Crippen LogP contribution in [0.1, 0.15) is 46.4 Å². The minimum atomic E-state index is -0.840. The number of nitrogens with zero attached hydrogens (tertiary/aromatic N) is 3. The van der Waals surface area contributed by atoms with Crippen molar-refractivity contribution in [3.8, 4) is 0 Å². The molecular formula is C21H21N5O6S. The zero-order chi connectivity index (χ0) is 24.0. The van der Waals surface area contributed by atoms with E-state index in [1.807, 2.05) is 4.90 Å². The highest BCUT2D eigenvalue weighted by atomic mass is 32.1. The van der Waals surface area contributed by atoms with Gasteiger partial charge in [-0.3, -0.25) is 35.1 Å². The van der Waals surface area contributed by atoms with E-state index in [1.165, 1.54) is 0 Å². The summed E-state index contributed by atoms with van der Waals surface area (Å²) in [5, 5.41) is 27.0. The summed E-state index contributed by atoms with van der Waals surface area (Å²) in [6, 6.07) is 9.21. The Kier molecular flexibility index (Phi) is 7.61. The van der Waals surface area contributed by atoms with Crippen molar-refractivity contribution >= 4 is 46.2 Å². The van der Waals surface area contributed by atoms with E-state index in [0.717, 1.165) is 57.0 Å². The maximum Gasteiger partial charge on any atom is 0.277 e. The third-order valence-corrected chi connectivity index (χ3v) is 5.30. The third-order valence-electron chi connectivity index (χ3n) is 5.10. The molecule has 0 unspecified atom stereocenters. The van der Waals surface area contributed by atoms with Gasteiger partial charge in [-0.2, -0.15) is 0 Å². The Morgan fingerprint density at radius 1 is 0.848 bits per heavy atom. The standard InChI is InChI=1S/C21H21N5O6S/c27-19(15-11-17(25(29)30)13-18(12-15)26(31)32)23-21(33)22-16-7-5-14(6-8-16)20(28)24-9-3-1-2-4-10-24/h5-8,11-13H,1-4,9-10H2,(H2,22,23,27,33). The smallest absolute Gasteiger partial charge is 0.277 e. The van der Waals surface area contributed by atoms with Crippen molar-refractivity contribution in [2.75, 3.05) is 18.4 Å². The number of carbonyl (C=O) groups is 2. The van der Waals surface area contributed by atoms with Crippen molar-refractivity contribution < 1.29 is 19.4 Å². The van der Waals surface area contributed by atoms with Crippen molar-refractivity contribution in [2.24, 2.45) is 0 Å². The number of carbonyl (C=O) groups excluding carboxylic acids is 2. The number of benzene rings is 2. The second kappa shape index (κ2) is 10.6. The van der Waals surface area contributed by atoms with Crippen LogP contribution in [0.15, 0.2) is 42.5 Å². The van der Waals surface area contributed by atoms with E-state index in [0.29, 0.717) is 11.3 Å². The number of anilines is 1. The van der Waals surface area contributed by atoms with Gasteiger partial charge in [0.25, 0.3) is 23.2 Å². The molecule has 2 aromatic carbocycles. The van der Waals surface area contributed by atoms with Crippen LogP contribution in [-0.4, -0.2) is 44.8 Å². The molecule has 0 saturated carbocycles. The fraction of sp³-hybridized carbons (Fsp3) is 0.286. The van der Waals surface area contributed by atoms with E-state index in [2.05, 4.69) is 10.6 Å². The second-order valence-electron chi connectivity index (χ2n) is 7.44. The summed E-state index contributed by atoms with van der Waals surface area (Å²) in [5.74, 6) is -0.876. The summed E-state index contributed by atoms with van der Waals surface area (Å²) in [4.78, 5) is 47.3. The average Bonchev–Trinajstić information content (AvgIpc) is 3.08. The van der Waals surface area contributed by atoms with Crippen LogP contribution in [0.25, 0.3) is 0 Å². The van der Waals surface area contributed by atoms with Crippen LogP contribution in [-0.2, 0) is 0 Å². The predicted molar refractivity (Wildman–Crippen MR) is 124 cm³/mol. The van der Waals surface area contributed by atoms with Crippen molar-refractivity contribution in [3.05, 3.63) is 73.8 Å². The molecule has 12 heteroatoms. The van der Waals surface area contributed by atoms with Crippen LogP contribution in [0.2, 0.25) is 0 Å². The molecule has 11 nitrogen and oxygen atoms in total. The topological polar surface area (TPSA) is 148 Å². The molecule has 2 N–H and O–H groups in total. The highest BCUT2D eigenvalue weighted by Gasteiger charge is 2.21. The lowest BCUT2D eigenvalue weighted by atomic mass is 10.1. The average molecular weight is 471 g/mol. The Morgan fingerprint density at radius 3 is 1.91 bits per heavy atom. The monoisotopic (exact) mass is 471 g/mol. The maximum absolute atomic E-state index is 12.7. The van der Waals surface area contributed by atoms with Crippen molar-refractivity contribution in [1.29, 1.82) is 0 Å². The predicted octanol–water partition coefficient (Wildman–Crippen LogP) is 3.65. The molecule has 3 rings (SSSR count). The number of rotatable bonds is 5. The molecule has 0 atom stereocenters. The number of likely N-dealkylation sites (tertiary alicyclic amines) is 1. The highest BCUT2D eigenvalue weighted by molar-refractivity contribution is 7.80. The van der Waals surface area contributed by atoms with Crippen LogP contribution in [0, 0.1) is 20.2 Å². The lowest BCUT2D eigenvalue weighted by Gasteiger charge is -2.20. The maximum atomic E-state index is 12.7. The van der Waals surface area contributed by atoms with E-state index in [4.69, 9.17) is 12.2 Å². The Labute approximate surface area is 194 Å². The van der Waals surface area contributed by atoms with Crippen LogP contribution < -0.4 is 10.6 Å². The van der Waals surface area contributed by atoms with Crippen LogP contribution >= 0.6 is 12.2 Å². The molecule has 0 radical (unpaired) electrons. The zero-order valence-corrected chi connectivity index (χ0v) is 18.3. The van der Waals surface area contributed by atoms with E-state index in [-0.39, 0.29) is 16.6 Å². The molecular weight excluding hydrogens is 450 g/mol. The number of nitro benzene ring substituents is 2. The second-order valence-corrected chi connectivity index (χ2v) is 7.85. The number of amides is 2. The first-order valence-corrected chi connectivity index (χ1v) is 10.6. The zero-order valence-electron chi connectivity index (χ0n) is 17.5. The highest BCUT2D eigenvalue weighted by Crippen LogP contribution is 2.23. The Balaban J connectivity index is 1.63. The van der Waals surface area contributed by atoms with Gasteiger partial charge in [-0.1, -0.05) is 12.8 Å². The van der Waals surface area contributed by atoms with E-state index >= 15 is 0 Å². The first-order valence-electron chi connectivity index (χ1n) is 10.2. The van der Waals surface area contributed by atoms with Gasteiger partial charge in [0, 0.05) is 36.5 Å². The minimum Gasteiger partial charge on any atom is -0.339 e. The van der Waals surface area contributed by atoms with Gasteiger partial charge in [0.15, 0.2) is 5.11 Å². The van der Waals surface area contributed by atoms with Crippen LogP contribution in [0.5, 0.6) is 0 Å². The van der Waals surface area contributed by atoms with Crippen LogP contribution in [0.3, 0.4) is 0 Å². The van der Waals surface area contributed by atoms with Gasteiger partial charge < -0.3 is 10.2 Å². The van der Waals surface area contributed by atoms with Crippen molar-refractivity contribution in [1.82, 2.24) is 10.2 Å². The molecule has 1 aliphatic heterocycles. The summed E-state index contributed by atoms with van der Waals surface area (Å²) < 4.78 is 0. The fourth-order valence-corrected chi connectivity index (χ4v) is 3.64. The number of nitrogens with one attached hydrogen (secondary N) is 2. The molecule has 0 aliphatic carbocycles. The van der Waals surface area contributed by atoms with Gasteiger partial charge in [-0.15, -0.1) is 0 Å². The summed E-state index contributed by atoms with van der Waals surface area (Å²) >= 11 is 5.10. The third kappa shape index (κ3) is 6.29. The summed E-state index contributed by atoms with van der Waals surface area (Å²) in [6.07, 6.45) is 4.24. The molecule has 0 bridgehead atoms. The minimum absolute atomic E-state index is 0.0356. The summed E-state index contributed by atoms with van der Waals surface area (Å²) in [7, 11) is 0. The first kappa shape index (κ1) is 23.7. The Hall–Kier alpha value is -3.93. The quantitative estimate of drug-likeness (QED) is 0.381. The number of nitro groups is 2. The molecule has 33 heavy (non-hydrogen) atoms. The molecule has 2 aromatic rings. The largest absolute Gasteiger partial charge is 0.339 e. The summed E-state index contributed by atoms with van der Waals surface area (Å²) in [6.45, 7) is 1.48. The van der Waals surface area contributed by atoms with Crippen LogP contribution in [0.4, 0.5) is 17.1 Å². The number of hydrogen-bond acceptors (Lipinski definition) is 7. The number of thiocarbonyl (C=S) groups is 1. The number of non-ortho nitro benzene ring substituents is 2. The van der Waals surface area contributed by atoms with Gasteiger partial charge in [0.2, 0.25) is 0 Å². The molecule has 1 aliphatic rings. The van der Waals surface area contributed by atoms with Crippen molar-refractivity contribution in [3.63, 3.8) is 0 Å². The van der Waals surface area contributed by atoms with Gasteiger partial charge in [0.1, 0.15) is 0 Å². The molecule has 2 amide bonds. The molecule has 1 heterocycles.